The van der Waals surface area contributed by atoms with Crippen LogP contribution in [0.5, 0.6) is 0 Å². The van der Waals surface area contributed by atoms with Crippen molar-refractivity contribution < 1.29 is 9.59 Å². The molecule has 0 spiro atoms. The fraction of sp³-hybridized carbons (Fsp3) is 0.263. The predicted octanol–water partition coefficient (Wildman–Crippen LogP) is 2.82. The molecule has 24 heavy (non-hydrogen) atoms. The second-order valence-electron chi connectivity index (χ2n) is 5.88. The van der Waals surface area contributed by atoms with E-state index in [1.165, 1.54) is 0 Å². The Morgan fingerprint density at radius 2 is 1.75 bits per heavy atom. The number of piperazine rings is 1. The average Bonchev–Trinajstić information content (AvgIpc) is 2.61. The van der Waals surface area contributed by atoms with Crippen LogP contribution < -0.4 is 5.32 Å². The van der Waals surface area contributed by atoms with Crippen molar-refractivity contribution in [3.63, 3.8) is 0 Å². The monoisotopic (exact) mass is 342 g/mol. The van der Waals surface area contributed by atoms with Crippen molar-refractivity contribution in [1.82, 2.24) is 10.2 Å². The van der Waals surface area contributed by atoms with E-state index in [1.807, 2.05) is 54.6 Å². The van der Waals surface area contributed by atoms with Crippen LogP contribution in [0.15, 0.2) is 54.6 Å². The van der Waals surface area contributed by atoms with E-state index < -0.39 is 0 Å². The summed E-state index contributed by atoms with van der Waals surface area (Å²) in [6.45, 7) is 1.22. The fourth-order valence-electron chi connectivity index (χ4n) is 2.96. The number of nitrogens with zero attached hydrogens (tertiary/aromatic N) is 1. The molecular formula is C19H19ClN2O2. The minimum atomic E-state index is -0.0997. The van der Waals surface area contributed by atoms with Crippen molar-refractivity contribution in [3.05, 3.63) is 70.7 Å². The van der Waals surface area contributed by atoms with Gasteiger partial charge in [-0.15, -0.1) is 0 Å². The summed E-state index contributed by atoms with van der Waals surface area (Å²) in [6, 6.07) is 17.5. The molecule has 0 bridgehead atoms. The van der Waals surface area contributed by atoms with Gasteiger partial charge in [0.15, 0.2) is 0 Å². The molecule has 1 unspecified atom stereocenters. The van der Waals surface area contributed by atoms with Gasteiger partial charge in [0, 0.05) is 30.5 Å². The summed E-state index contributed by atoms with van der Waals surface area (Å²) in [5.74, 6) is -0.160. The Morgan fingerprint density at radius 3 is 2.42 bits per heavy atom. The number of rotatable bonds is 4. The Labute approximate surface area is 146 Å². The Morgan fingerprint density at radius 1 is 1.08 bits per heavy atom. The molecule has 4 nitrogen and oxygen atoms in total. The van der Waals surface area contributed by atoms with Gasteiger partial charge in [-0.05, 0) is 23.3 Å². The molecule has 0 aliphatic carbocycles. The quantitative estimate of drug-likeness (QED) is 0.928. The van der Waals surface area contributed by atoms with Crippen molar-refractivity contribution >= 4 is 23.4 Å². The van der Waals surface area contributed by atoms with Crippen LogP contribution in [0.25, 0.3) is 0 Å². The van der Waals surface area contributed by atoms with Gasteiger partial charge in [-0.25, -0.2) is 0 Å². The van der Waals surface area contributed by atoms with Gasteiger partial charge in [-0.3, -0.25) is 9.59 Å². The van der Waals surface area contributed by atoms with Crippen molar-refractivity contribution in [2.24, 2.45) is 0 Å². The van der Waals surface area contributed by atoms with E-state index in [4.69, 9.17) is 11.6 Å². The molecule has 2 aromatic carbocycles. The first-order chi connectivity index (χ1) is 11.6. The zero-order valence-corrected chi connectivity index (χ0v) is 14.0. The SMILES string of the molecule is O=C1CN(C(=O)CC(c2ccccc2)c2ccc(Cl)cc2)CCN1. The Kier molecular flexibility index (Phi) is 5.16. The van der Waals surface area contributed by atoms with Crippen LogP contribution in [0.1, 0.15) is 23.5 Å². The van der Waals surface area contributed by atoms with Crippen LogP contribution in [0.3, 0.4) is 0 Å². The molecule has 1 N–H and O–H groups in total. The van der Waals surface area contributed by atoms with E-state index in [0.29, 0.717) is 24.5 Å². The average molecular weight is 343 g/mol. The van der Waals surface area contributed by atoms with Crippen LogP contribution in [0.2, 0.25) is 5.02 Å². The Bertz CT molecular complexity index is 716. The van der Waals surface area contributed by atoms with Crippen LogP contribution in [0.4, 0.5) is 0 Å². The molecule has 1 fully saturated rings. The second-order valence-corrected chi connectivity index (χ2v) is 6.32. The number of halogens is 1. The standard InChI is InChI=1S/C19H19ClN2O2/c20-16-8-6-15(7-9-16)17(14-4-2-1-3-5-14)12-19(24)22-11-10-21-18(23)13-22/h1-9,17H,10-13H2,(H,21,23). The molecule has 5 heteroatoms. The number of hydrogen-bond donors (Lipinski definition) is 1. The molecule has 1 aliphatic rings. The van der Waals surface area contributed by atoms with Gasteiger partial charge in [0.05, 0.1) is 6.54 Å². The van der Waals surface area contributed by atoms with Gasteiger partial charge in [-0.1, -0.05) is 54.1 Å². The molecule has 1 saturated heterocycles. The summed E-state index contributed by atoms with van der Waals surface area (Å²) < 4.78 is 0. The number of nitrogens with one attached hydrogen (secondary N) is 1. The molecule has 1 heterocycles. The zero-order valence-electron chi connectivity index (χ0n) is 13.2. The van der Waals surface area contributed by atoms with Crippen molar-refractivity contribution in [3.8, 4) is 0 Å². The summed E-state index contributed by atoms with van der Waals surface area (Å²) in [7, 11) is 0. The van der Waals surface area contributed by atoms with Crippen molar-refractivity contribution in [1.29, 1.82) is 0 Å². The van der Waals surface area contributed by atoms with E-state index in [0.717, 1.165) is 11.1 Å². The molecule has 1 atom stereocenters. The van der Waals surface area contributed by atoms with Gasteiger partial charge in [0.1, 0.15) is 0 Å². The summed E-state index contributed by atoms with van der Waals surface area (Å²) in [5, 5.41) is 3.41. The zero-order chi connectivity index (χ0) is 16.9. The van der Waals surface area contributed by atoms with E-state index >= 15 is 0 Å². The summed E-state index contributed by atoms with van der Waals surface area (Å²) in [4.78, 5) is 25.8. The van der Waals surface area contributed by atoms with E-state index in [9.17, 15) is 9.59 Å². The lowest BCUT2D eigenvalue weighted by Crippen LogP contribution is -2.50. The molecule has 1 aliphatic heterocycles. The first-order valence-electron chi connectivity index (χ1n) is 7.98. The predicted molar refractivity (Wildman–Crippen MR) is 93.9 cm³/mol. The number of hydrogen-bond acceptors (Lipinski definition) is 2. The molecule has 2 aromatic rings. The molecule has 0 radical (unpaired) electrons. The molecule has 2 amide bonds. The number of carbonyl (C=O) groups excluding carboxylic acids is 2. The smallest absolute Gasteiger partial charge is 0.239 e. The molecular weight excluding hydrogens is 324 g/mol. The normalized spacial score (nSPS) is 15.7. The van der Waals surface area contributed by atoms with Gasteiger partial charge >= 0.3 is 0 Å². The van der Waals surface area contributed by atoms with E-state index in [-0.39, 0.29) is 24.3 Å². The largest absolute Gasteiger partial charge is 0.353 e. The lowest BCUT2D eigenvalue weighted by molar-refractivity contribution is -0.138. The maximum atomic E-state index is 12.7. The van der Waals surface area contributed by atoms with Crippen molar-refractivity contribution in [2.45, 2.75) is 12.3 Å². The maximum absolute atomic E-state index is 12.7. The highest BCUT2D eigenvalue weighted by molar-refractivity contribution is 6.30. The highest BCUT2D eigenvalue weighted by atomic mass is 35.5. The van der Waals surface area contributed by atoms with Gasteiger partial charge in [0.2, 0.25) is 11.8 Å². The van der Waals surface area contributed by atoms with Crippen LogP contribution in [-0.2, 0) is 9.59 Å². The van der Waals surface area contributed by atoms with Crippen molar-refractivity contribution in [2.75, 3.05) is 19.6 Å². The third-order valence-corrected chi connectivity index (χ3v) is 4.50. The molecule has 124 valence electrons. The van der Waals surface area contributed by atoms with Crippen LogP contribution in [-0.4, -0.2) is 36.3 Å². The van der Waals surface area contributed by atoms with Gasteiger partial charge < -0.3 is 10.2 Å². The van der Waals surface area contributed by atoms with Crippen LogP contribution in [0, 0.1) is 0 Å². The minimum Gasteiger partial charge on any atom is -0.353 e. The minimum absolute atomic E-state index is 0.00588. The second kappa shape index (κ2) is 7.49. The number of benzene rings is 2. The summed E-state index contributed by atoms with van der Waals surface area (Å²) >= 11 is 5.99. The van der Waals surface area contributed by atoms with E-state index in [2.05, 4.69) is 5.32 Å². The molecule has 0 saturated carbocycles. The fourth-order valence-corrected chi connectivity index (χ4v) is 3.09. The number of carbonyl (C=O) groups is 2. The topological polar surface area (TPSA) is 49.4 Å². The first-order valence-corrected chi connectivity index (χ1v) is 8.36. The van der Waals surface area contributed by atoms with Gasteiger partial charge in [-0.2, -0.15) is 0 Å². The number of amides is 2. The maximum Gasteiger partial charge on any atom is 0.239 e. The Hall–Kier alpha value is -2.33. The third-order valence-electron chi connectivity index (χ3n) is 4.24. The first kappa shape index (κ1) is 16.5. The van der Waals surface area contributed by atoms with Crippen LogP contribution >= 0.6 is 11.6 Å². The van der Waals surface area contributed by atoms with E-state index in [1.54, 1.807) is 4.90 Å². The summed E-state index contributed by atoms with van der Waals surface area (Å²) in [5.41, 5.74) is 2.12. The lowest BCUT2D eigenvalue weighted by Gasteiger charge is -2.28. The third kappa shape index (κ3) is 3.95. The molecule has 3 rings (SSSR count). The highest BCUT2D eigenvalue weighted by Gasteiger charge is 2.25. The molecule has 0 aromatic heterocycles. The Balaban J connectivity index is 1.83. The summed E-state index contributed by atoms with van der Waals surface area (Å²) in [6.07, 6.45) is 0.332. The highest BCUT2D eigenvalue weighted by Crippen LogP contribution is 2.29. The van der Waals surface area contributed by atoms with Gasteiger partial charge in [0.25, 0.3) is 0 Å². The lowest BCUT2D eigenvalue weighted by atomic mass is 9.88.